The molecule has 7 N–H and O–H groups in total. The van der Waals surface area contributed by atoms with Crippen LogP contribution in [0, 0.1) is 0 Å². The highest BCUT2D eigenvalue weighted by Crippen LogP contribution is 2.60. The van der Waals surface area contributed by atoms with Crippen LogP contribution in [0.4, 0.5) is 0 Å². The largest absolute Gasteiger partial charge is 0.472 e. The van der Waals surface area contributed by atoms with Crippen molar-refractivity contribution < 1.29 is 146 Å². The minimum absolute atomic E-state index is 0.0145. The summed E-state index contributed by atoms with van der Waals surface area (Å²) in [5.74, 6) is 0. The minimum Gasteiger partial charge on any atom is -0.394 e. The zero-order valence-electron chi connectivity index (χ0n) is 76.7. The molecule has 7 heterocycles. The second-order valence-corrected chi connectivity index (χ2v) is 45.2. The molecule has 0 spiro atoms. The first-order valence-electron chi connectivity index (χ1n) is 48.2. The first-order chi connectivity index (χ1) is 69.3. The van der Waals surface area contributed by atoms with Crippen molar-refractivity contribution in [3.8, 4) is 0 Å². The average molecular weight is 2040 g/mol. The van der Waals surface area contributed by atoms with E-state index in [0.717, 1.165) is 156 Å². The van der Waals surface area contributed by atoms with Crippen molar-refractivity contribution in [1.82, 2.24) is 0 Å². The standard InChI is InChI=1S/C107H99O31P5/c108-51-93-89(47-85(129-93)68-37-39-80-74-19-5-15-58-13-3-17-72(102(58)74)76-23-7-21-70(68)106(76)80)135-141(114,115)126-55-99-92(50-88(132-99)69-38-40-81-75-20-6-16-59-14-4-18-73(103(59)75)77-24-8-22-71(69)107(77)81)138-143(118,119)128-57-98-91(49-87(131-98)67-34-30-65-28-26-61-10-2-12-63-32-36-79(67)105(65)101(61)63)137-142(116,117)127-56-97-90(48-86(130-97)66-33-29-64-27-25-60-9-1-11-62-31-35-78(66)104(64)100(60)62)136-140(112,113)125-54-96-84(43-46-122-96)134-139(110,111)124-53-95-83(42-45-121-95)133-123-52-94-82(109)41-44-120-94/h1-40,82-99,108-109H,41-57H2,(H,110,111)(H,112,113)(H,114,115)(H,116,117)(H,118,119)/t82-,83-,84-,85+,86+,87+,88+,89-,90-,91-,92-,93+,94+,95+,96+,97+,98+,99+/m0/s1. The van der Waals surface area contributed by atoms with Crippen LogP contribution in [0.5, 0.6) is 0 Å². The van der Waals surface area contributed by atoms with Crippen LogP contribution in [-0.4, -0.2) is 186 Å². The van der Waals surface area contributed by atoms with Crippen LogP contribution >= 0.6 is 39.1 Å². The molecule has 0 saturated carbocycles. The predicted octanol–water partition coefficient (Wildman–Crippen LogP) is 21.6. The van der Waals surface area contributed by atoms with E-state index in [1.807, 2.05) is 176 Å². The third-order valence-electron chi connectivity index (χ3n) is 29.9. The number of aliphatic hydroxyl groups excluding tert-OH is 2. The third kappa shape index (κ3) is 17.9. The normalized spacial score (nSPS) is 27.9. The Bertz CT molecular complexity index is 8070. The Kier molecular flexibility index (Phi) is 25.1. The Morgan fingerprint density at radius 3 is 0.888 bits per heavy atom. The van der Waals surface area contributed by atoms with E-state index >= 15 is 9.13 Å². The minimum atomic E-state index is -5.45. The number of hydrogen-bond acceptors (Lipinski definition) is 26. The van der Waals surface area contributed by atoms with Crippen LogP contribution in [0.3, 0.4) is 0 Å². The molecular formula is C107H99O31P5. The molecule has 18 aromatic rings. The van der Waals surface area contributed by atoms with E-state index in [1.165, 1.54) is 0 Å². The topological polar surface area (TPSA) is 402 Å². The fraction of sp³-hybridized carbons (Fsp3) is 0.327. The summed E-state index contributed by atoms with van der Waals surface area (Å²) in [6.45, 7) is -3.64. The van der Waals surface area contributed by atoms with Crippen LogP contribution in [0.2, 0.25) is 0 Å². The number of fused-ring (bicyclic) bond motifs is 4. The zero-order valence-corrected chi connectivity index (χ0v) is 81.1. The van der Waals surface area contributed by atoms with Gasteiger partial charge in [-0.15, -0.1) is 0 Å². The van der Waals surface area contributed by atoms with E-state index in [9.17, 15) is 48.4 Å². The molecular weight excluding hydrogens is 1940 g/mol. The Morgan fingerprint density at radius 1 is 0.252 bits per heavy atom. The number of phosphoric ester groups is 5. The molecule has 0 aliphatic carbocycles. The average Bonchev–Trinajstić information content (AvgIpc) is 1.28. The van der Waals surface area contributed by atoms with Gasteiger partial charge in [0.1, 0.15) is 86.0 Å². The molecule has 738 valence electrons. The van der Waals surface area contributed by atoms with Gasteiger partial charge < -0.3 is 67.8 Å². The smallest absolute Gasteiger partial charge is 0.394 e. The van der Waals surface area contributed by atoms with Crippen LogP contribution in [-0.2, 0) is 111 Å². The first-order valence-corrected chi connectivity index (χ1v) is 55.6. The number of phosphoric acid groups is 5. The van der Waals surface area contributed by atoms with Crippen LogP contribution in [0.1, 0.15) is 91.6 Å². The quantitative estimate of drug-likeness (QED) is 0.00647. The predicted molar refractivity (Wildman–Crippen MR) is 535 cm³/mol. The Balaban J connectivity index is 0.484. The van der Waals surface area contributed by atoms with E-state index in [2.05, 4.69) is 66.7 Å². The maximum Gasteiger partial charge on any atom is 0.472 e. The summed E-state index contributed by atoms with van der Waals surface area (Å²) in [5, 5.41) is 48.7. The molecule has 18 aromatic carbocycles. The molecule has 25 rings (SSSR count). The molecule has 7 saturated heterocycles. The van der Waals surface area contributed by atoms with Gasteiger partial charge in [0.05, 0.1) is 70.2 Å². The lowest BCUT2D eigenvalue weighted by atomic mass is 9.87. The monoisotopic (exact) mass is 2030 g/mol. The van der Waals surface area contributed by atoms with Crippen molar-refractivity contribution in [1.29, 1.82) is 0 Å². The number of benzene rings is 18. The molecule has 0 radical (unpaired) electrons. The first kappa shape index (κ1) is 94.7. The second-order valence-electron chi connectivity index (χ2n) is 38.2. The van der Waals surface area contributed by atoms with Gasteiger partial charge >= 0.3 is 39.1 Å². The number of rotatable bonds is 34. The van der Waals surface area contributed by atoms with Crippen molar-refractivity contribution in [3.05, 3.63) is 265 Å². The molecule has 143 heavy (non-hydrogen) atoms. The highest BCUT2D eigenvalue weighted by Gasteiger charge is 2.51. The summed E-state index contributed by atoms with van der Waals surface area (Å²) in [4.78, 5) is 70.6. The third-order valence-corrected chi connectivity index (χ3v) is 34.9. The summed E-state index contributed by atoms with van der Waals surface area (Å²) in [7, 11) is -26.3. The molecule has 23 atom stereocenters. The van der Waals surface area contributed by atoms with Crippen molar-refractivity contribution in [2.75, 3.05) is 66.1 Å². The Hall–Kier alpha value is -9.25. The highest BCUT2D eigenvalue weighted by molar-refractivity contribution is 7.48. The van der Waals surface area contributed by atoms with E-state index < -0.39 is 189 Å². The van der Waals surface area contributed by atoms with Gasteiger partial charge in [0.25, 0.3) is 0 Å². The van der Waals surface area contributed by atoms with Crippen LogP contribution in [0.25, 0.3) is 151 Å². The summed E-state index contributed by atoms with van der Waals surface area (Å²) in [6.07, 6.45) is -19.4. The molecule has 7 aliphatic heterocycles. The van der Waals surface area contributed by atoms with Crippen LogP contribution in [0.15, 0.2) is 243 Å². The van der Waals surface area contributed by atoms with Gasteiger partial charge in [0, 0.05) is 58.3 Å². The Morgan fingerprint density at radius 2 is 0.510 bits per heavy atom. The van der Waals surface area contributed by atoms with E-state index in [0.29, 0.717) is 36.1 Å². The summed E-state index contributed by atoms with van der Waals surface area (Å²) in [6, 6.07) is 80.7. The van der Waals surface area contributed by atoms with Gasteiger partial charge in [-0.3, -0.25) is 45.2 Å². The SMILES string of the molecule is O=P(O)(OC[C@H]1OCC[C@@H]1OOC[C@H]1OCC[C@@H]1O)O[C@H]1CCO[C@@H]1COP(=O)(O)O[C@H]1C[C@H](c2ccc3ccc4cccc5ccc2c3c45)O[C@@H]1COP(=O)(O)O[C@H]1C[C@H](c2ccc3ccc4cccc5ccc2c3c45)O[C@@H]1COP(=O)(O)O[C@H]1C[C@H](c2ccc3c4cccc5cccc(c6cccc2c63)c54)O[C@@H]1COP(=O)(O)O[C@H]1C[C@H](c2ccc3c4cccc5cccc(c6cccc2c63)c54)O[C@@H]1CO. The molecule has 7 aliphatic rings. The summed E-state index contributed by atoms with van der Waals surface area (Å²) >= 11 is 0. The molecule has 31 nitrogen and oxygen atoms in total. The number of aliphatic hydroxyl groups is 2. The zero-order chi connectivity index (χ0) is 97.1. The molecule has 0 amide bonds. The molecule has 0 aromatic heterocycles. The van der Waals surface area contributed by atoms with Crippen molar-refractivity contribution >= 4 is 190 Å². The maximum atomic E-state index is 15.3. The van der Waals surface area contributed by atoms with Gasteiger partial charge in [-0.2, -0.15) is 0 Å². The van der Waals surface area contributed by atoms with Gasteiger partial charge in [-0.1, -0.05) is 243 Å². The van der Waals surface area contributed by atoms with Crippen molar-refractivity contribution in [2.45, 2.75) is 155 Å². The molecule has 0 bridgehead atoms. The van der Waals surface area contributed by atoms with Crippen molar-refractivity contribution in [3.63, 3.8) is 0 Å². The van der Waals surface area contributed by atoms with Gasteiger partial charge in [0.15, 0.2) is 0 Å². The molecule has 5 unspecified atom stereocenters. The van der Waals surface area contributed by atoms with E-state index in [-0.39, 0.29) is 51.9 Å². The van der Waals surface area contributed by atoms with Gasteiger partial charge in [0.2, 0.25) is 0 Å². The fourth-order valence-electron chi connectivity index (χ4n) is 23.3. The second kappa shape index (κ2) is 37.8. The lowest BCUT2D eigenvalue weighted by Gasteiger charge is -2.26. The number of ether oxygens (including phenoxy) is 7. The lowest BCUT2D eigenvalue weighted by Crippen LogP contribution is -2.33. The van der Waals surface area contributed by atoms with E-state index in [1.54, 1.807) is 0 Å². The highest BCUT2D eigenvalue weighted by atomic mass is 31.2. The number of hydrogen-bond donors (Lipinski definition) is 7. The van der Waals surface area contributed by atoms with Gasteiger partial charge in [-0.05, 0) is 179 Å². The fourth-order valence-corrected chi connectivity index (χ4v) is 28.1. The van der Waals surface area contributed by atoms with E-state index in [4.69, 9.17) is 88.2 Å². The van der Waals surface area contributed by atoms with Crippen molar-refractivity contribution in [2.24, 2.45) is 0 Å². The van der Waals surface area contributed by atoms with Crippen LogP contribution < -0.4 is 0 Å². The lowest BCUT2D eigenvalue weighted by molar-refractivity contribution is -0.341. The summed E-state index contributed by atoms with van der Waals surface area (Å²) in [5.41, 5.74) is 2.74. The summed E-state index contributed by atoms with van der Waals surface area (Å²) < 4.78 is 177. The molecule has 36 heteroatoms. The maximum absolute atomic E-state index is 15.3. The van der Waals surface area contributed by atoms with Gasteiger partial charge in [-0.25, -0.2) is 32.6 Å². The molecule has 7 fully saturated rings. The Labute approximate surface area is 816 Å².